The highest BCUT2D eigenvalue weighted by Gasteiger charge is 2.26. The van der Waals surface area contributed by atoms with E-state index in [1.165, 1.54) is 27.7 Å². The van der Waals surface area contributed by atoms with Crippen LogP contribution < -0.4 is 5.73 Å². The van der Waals surface area contributed by atoms with Gasteiger partial charge in [0.15, 0.2) is 0 Å². The van der Waals surface area contributed by atoms with Crippen LogP contribution in [0.5, 0.6) is 0 Å². The molecular formula is C15H22N2. The molecule has 17 heavy (non-hydrogen) atoms. The van der Waals surface area contributed by atoms with E-state index in [0.29, 0.717) is 6.54 Å². The Labute approximate surface area is 103 Å². The maximum atomic E-state index is 5.94. The zero-order valence-corrected chi connectivity index (χ0v) is 11.5. The van der Waals surface area contributed by atoms with Crippen molar-refractivity contribution in [3.8, 4) is 0 Å². The van der Waals surface area contributed by atoms with Crippen molar-refractivity contribution in [1.82, 2.24) is 4.57 Å². The Kier molecular flexibility index (Phi) is 2.78. The van der Waals surface area contributed by atoms with Gasteiger partial charge in [0.05, 0.1) is 0 Å². The monoisotopic (exact) mass is 230 g/mol. The molecule has 0 bridgehead atoms. The Hall–Kier alpha value is -1.28. The minimum atomic E-state index is 0.0252. The number of hydrogen-bond donors (Lipinski definition) is 1. The standard InChI is InChI=1S/C15H22N2/c1-10-6-7-13-12(8-10)14(11(2)17(13)5)15(3,4)9-16/h6-8H,9,16H2,1-5H3. The molecule has 0 fully saturated rings. The fraction of sp³-hybridized carbons (Fsp3) is 0.467. The van der Waals surface area contributed by atoms with E-state index in [1.807, 2.05) is 0 Å². The second kappa shape index (κ2) is 3.88. The van der Waals surface area contributed by atoms with Crippen molar-refractivity contribution in [2.24, 2.45) is 12.8 Å². The van der Waals surface area contributed by atoms with E-state index in [0.717, 1.165) is 0 Å². The maximum Gasteiger partial charge on any atom is 0.0483 e. The van der Waals surface area contributed by atoms with Crippen molar-refractivity contribution in [2.75, 3.05) is 6.54 Å². The fourth-order valence-corrected chi connectivity index (χ4v) is 2.64. The van der Waals surface area contributed by atoms with Crippen LogP contribution in [0.25, 0.3) is 10.9 Å². The maximum absolute atomic E-state index is 5.94. The predicted octanol–water partition coefficient (Wildman–Crippen LogP) is 3.03. The zero-order chi connectivity index (χ0) is 12.8. The van der Waals surface area contributed by atoms with Crippen LogP contribution in [-0.2, 0) is 12.5 Å². The number of nitrogens with zero attached hydrogens (tertiary/aromatic N) is 1. The predicted molar refractivity (Wildman–Crippen MR) is 74.5 cm³/mol. The quantitative estimate of drug-likeness (QED) is 0.844. The Bertz CT molecular complexity index is 562. The lowest BCUT2D eigenvalue weighted by molar-refractivity contribution is 0.537. The van der Waals surface area contributed by atoms with E-state index < -0.39 is 0 Å². The third-order valence-electron chi connectivity index (χ3n) is 3.83. The van der Waals surface area contributed by atoms with Crippen molar-refractivity contribution in [2.45, 2.75) is 33.1 Å². The number of hydrogen-bond acceptors (Lipinski definition) is 1. The third kappa shape index (κ3) is 1.77. The molecule has 2 heteroatoms. The molecule has 1 aromatic carbocycles. The normalized spacial score (nSPS) is 12.4. The van der Waals surface area contributed by atoms with Crippen molar-refractivity contribution in [3.63, 3.8) is 0 Å². The van der Waals surface area contributed by atoms with Gasteiger partial charge in [-0.2, -0.15) is 0 Å². The molecule has 2 aromatic rings. The first-order valence-corrected chi connectivity index (χ1v) is 6.14. The molecule has 92 valence electrons. The summed E-state index contributed by atoms with van der Waals surface area (Å²) >= 11 is 0. The van der Waals surface area contributed by atoms with Gasteiger partial charge in [0.2, 0.25) is 0 Å². The molecule has 2 rings (SSSR count). The number of aryl methyl sites for hydroxylation is 2. The Morgan fingerprint density at radius 1 is 1.24 bits per heavy atom. The summed E-state index contributed by atoms with van der Waals surface area (Å²) in [6, 6.07) is 6.64. The highest BCUT2D eigenvalue weighted by molar-refractivity contribution is 5.87. The molecule has 0 radical (unpaired) electrons. The van der Waals surface area contributed by atoms with Crippen LogP contribution in [0.2, 0.25) is 0 Å². The molecule has 0 saturated carbocycles. The summed E-state index contributed by atoms with van der Waals surface area (Å²) in [4.78, 5) is 0. The molecule has 0 aliphatic heterocycles. The van der Waals surface area contributed by atoms with Gasteiger partial charge in [-0.15, -0.1) is 0 Å². The van der Waals surface area contributed by atoms with Gasteiger partial charge in [0.1, 0.15) is 0 Å². The van der Waals surface area contributed by atoms with Crippen LogP contribution in [0.4, 0.5) is 0 Å². The Morgan fingerprint density at radius 2 is 1.88 bits per heavy atom. The summed E-state index contributed by atoms with van der Waals surface area (Å²) in [5, 5.41) is 1.35. The van der Waals surface area contributed by atoms with Gasteiger partial charge in [-0.05, 0) is 31.5 Å². The van der Waals surface area contributed by atoms with Crippen LogP contribution in [-0.4, -0.2) is 11.1 Å². The first-order valence-electron chi connectivity index (χ1n) is 6.14. The number of benzene rings is 1. The van der Waals surface area contributed by atoms with Gasteiger partial charge in [-0.25, -0.2) is 0 Å². The van der Waals surface area contributed by atoms with E-state index in [4.69, 9.17) is 5.73 Å². The smallest absolute Gasteiger partial charge is 0.0483 e. The third-order valence-corrected chi connectivity index (χ3v) is 3.83. The van der Waals surface area contributed by atoms with E-state index in [-0.39, 0.29) is 5.41 Å². The molecule has 0 atom stereocenters. The van der Waals surface area contributed by atoms with Crippen LogP contribution in [0.3, 0.4) is 0 Å². The number of aromatic nitrogens is 1. The second-order valence-corrected chi connectivity index (χ2v) is 5.63. The van der Waals surface area contributed by atoms with Gasteiger partial charge in [0, 0.05) is 35.6 Å². The fourth-order valence-electron chi connectivity index (χ4n) is 2.64. The van der Waals surface area contributed by atoms with E-state index >= 15 is 0 Å². The van der Waals surface area contributed by atoms with Crippen molar-refractivity contribution < 1.29 is 0 Å². The van der Waals surface area contributed by atoms with Gasteiger partial charge in [0.25, 0.3) is 0 Å². The molecule has 0 saturated heterocycles. The molecular weight excluding hydrogens is 208 g/mol. The number of nitrogens with two attached hydrogens (primary N) is 1. The van der Waals surface area contributed by atoms with E-state index in [2.05, 4.69) is 57.5 Å². The lowest BCUT2D eigenvalue weighted by Gasteiger charge is -2.23. The average molecular weight is 230 g/mol. The van der Waals surface area contributed by atoms with Gasteiger partial charge in [-0.1, -0.05) is 25.5 Å². The molecule has 2 N–H and O–H groups in total. The summed E-state index contributed by atoms with van der Waals surface area (Å²) < 4.78 is 2.27. The summed E-state index contributed by atoms with van der Waals surface area (Å²) in [6.45, 7) is 9.43. The summed E-state index contributed by atoms with van der Waals surface area (Å²) in [6.07, 6.45) is 0. The molecule has 0 amide bonds. The van der Waals surface area contributed by atoms with Crippen LogP contribution in [0.15, 0.2) is 18.2 Å². The van der Waals surface area contributed by atoms with Crippen molar-refractivity contribution in [3.05, 3.63) is 35.0 Å². The molecule has 1 aromatic heterocycles. The van der Waals surface area contributed by atoms with Crippen LogP contribution >= 0.6 is 0 Å². The molecule has 0 aliphatic carbocycles. The molecule has 1 heterocycles. The first kappa shape index (κ1) is 12.2. The topological polar surface area (TPSA) is 30.9 Å². The summed E-state index contributed by atoms with van der Waals surface area (Å²) in [5.41, 5.74) is 11.3. The first-order chi connectivity index (χ1) is 7.88. The number of fused-ring (bicyclic) bond motifs is 1. The number of rotatable bonds is 2. The Morgan fingerprint density at radius 3 is 2.47 bits per heavy atom. The highest BCUT2D eigenvalue weighted by Crippen LogP contribution is 2.34. The zero-order valence-electron chi connectivity index (χ0n) is 11.5. The van der Waals surface area contributed by atoms with Crippen LogP contribution in [0, 0.1) is 13.8 Å². The van der Waals surface area contributed by atoms with E-state index in [1.54, 1.807) is 0 Å². The van der Waals surface area contributed by atoms with Gasteiger partial charge < -0.3 is 10.3 Å². The minimum Gasteiger partial charge on any atom is -0.348 e. The summed E-state index contributed by atoms with van der Waals surface area (Å²) in [5.74, 6) is 0. The second-order valence-electron chi connectivity index (χ2n) is 5.63. The largest absolute Gasteiger partial charge is 0.348 e. The Balaban J connectivity index is 2.87. The molecule has 0 unspecified atom stereocenters. The minimum absolute atomic E-state index is 0.0252. The lowest BCUT2D eigenvalue weighted by Crippen LogP contribution is -2.28. The SMILES string of the molecule is Cc1ccc2c(c1)c(C(C)(C)CN)c(C)n2C. The van der Waals surface area contributed by atoms with Crippen molar-refractivity contribution in [1.29, 1.82) is 0 Å². The molecule has 0 aliphatic rings. The highest BCUT2D eigenvalue weighted by atomic mass is 14.9. The van der Waals surface area contributed by atoms with E-state index in [9.17, 15) is 0 Å². The average Bonchev–Trinajstić information content (AvgIpc) is 2.51. The van der Waals surface area contributed by atoms with Crippen molar-refractivity contribution >= 4 is 10.9 Å². The van der Waals surface area contributed by atoms with Gasteiger partial charge in [-0.3, -0.25) is 0 Å². The lowest BCUT2D eigenvalue weighted by atomic mass is 9.82. The molecule has 0 spiro atoms. The molecule has 2 nitrogen and oxygen atoms in total. The van der Waals surface area contributed by atoms with Crippen LogP contribution in [0.1, 0.15) is 30.7 Å². The van der Waals surface area contributed by atoms with Gasteiger partial charge >= 0.3 is 0 Å². The summed E-state index contributed by atoms with van der Waals surface area (Å²) in [7, 11) is 2.13.